The largest absolute Gasteiger partial charge is 0.368 e. The van der Waals surface area contributed by atoms with E-state index in [-0.39, 0.29) is 12.3 Å². The number of nitrogens with two attached hydrogens (primary N) is 3. The van der Waals surface area contributed by atoms with Crippen molar-refractivity contribution in [3.8, 4) is 0 Å². The summed E-state index contributed by atoms with van der Waals surface area (Å²) in [7, 11) is 1.57. The molecule has 0 heterocycles. The summed E-state index contributed by atoms with van der Waals surface area (Å²) in [5, 5.41) is 4.93. The molecule has 0 aliphatic rings. The van der Waals surface area contributed by atoms with Crippen molar-refractivity contribution in [1.82, 2.24) is 10.2 Å². The van der Waals surface area contributed by atoms with Crippen LogP contribution in [0.4, 0.5) is 0 Å². The van der Waals surface area contributed by atoms with Crippen LogP contribution in [-0.2, 0) is 27.2 Å². The van der Waals surface area contributed by atoms with Crippen LogP contribution in [0.25, 0.3) is 10.8 Å². The summed E-state index contributed by atoms with van der Waals surface area (Å²) < 4.78 is 0. The van der Waals surface area contributed by atoms with Crippen molar-refractivity contribution in [2.75, 3.05) is 13.6 Å². The highest BCUT2D eigenvalue weighted by molar-refractivity contribution is 5.93. The first-order valence-electron chi connectivity index (χ1n) is 12.6. The van der Waals surface area contributed by atoms with Crippen LogP contribution in [-0.4, -0.2) is 54.3 Å². The Labute approximate surface area is 218 Å². The van der Waals surface area contributed by atoms with Crippen molar-refractivity contribution in [2.45, 2.75) is 50.2 Å². The fourth-order valence-corrected chi connectivity index (χ4v) is 4.41. The highest BCUT2D eigenvalue weighted by Gasteiger charge is 2.32. The molecule has 3 aromatic rings. The molecule has 0 spiro atoms. The molecule has 0 fully saturated rings. The predicted octanol–water partition coefficient (Wildman–Crippen LogP) is 1.88. The van der Waals surface area contributed by atoms with Crippen LogP contribution >= 0.6 is 0 Å². The van der Waals surface area contributed by atoms with Crippen LogP contribution in [0.5, 0.6) is 0 Å². The second kappa shape index (κ2) is 13.5. The van der Waals surface area contributed by atoms with E-state index in [1.54, 1.807) is 7.05 Å². The molecule has 8 nitrogen and oxygen atoms in total. The lowest BCUT2D eigenvalue weighted by molar-refractivity contribution is -0.140. The summed E-state index contributed by atoms with van der Waals surface area (Å²) in [6.45, 7) is 0.488. The summed E-state index contributed by atoms with van der Waals surface area (Å²) in [4.78, 5) is 40.2. The van der Waals surface area contributed by atoms with Gasteiger partial charge in [0.1, 0.15) is 12.1 Å². The van der Waals surface area contributed by atoms with Crippen molar-refractivity contribution in [3.63, 3.8) is 0 Å². The topological polar surface area (TPSA) is 145 Å². The first kappa shape index (κ1) is 27.8. The number of rotatable bonds is 13. The summed E-state index contributed by atoms with van der Waals surface area (Å²) in [6, 6.07) is 20.8. The van der Waals surface area contributed by atoms with Gasteiger partial charge in [0.25, 0.3) is 0 Å². The molecular weight excluding hydrogens is 466 g/mol. The zero-order chi connectivity index (χ0) is 26.8. The number of nitrogens with one attached hydrogen (secondary N) is 1. The molecule has 0 aliphatic heterocycles. The minimum atomic E-state index is -0.867. The monoisotopic (exact) mass is 503 g/mol. The molecule has 0 aromatic heterocycles. The van der Waals surface area contributed by atoms with Gasteiger partial charge in [-0.1, -0.05) is 72.8 Å². The van der Waals surface area contributed by atoms with Gasteiger partial charge in [0.05, 0.1) is 6.04 Å². The highest BCUT2D eigenvalue weighted by atomic mass is 16.2. The number of hydrogen-bond donors (Lipinski definition) is 4. The summed E-state index contributed by atoms with van der Waals surface area (Å²) in [5.41, 5.74) is 19.3. The van der Waals surface area contributed by atoms with Gasteiger partial charge in [-0.05, 0) is 54.1 Å². The molecule has 3 atom stereocenters. The van der Waals surface area contributed by atoms with Gasteiger partial charge in [-0.3, -0.25) is 14.4 Å². The first-order valence-corrected chi connectivity index (χ1v) is 12.6. The molecule has 7 N–H and O–H groups in total. The molecule has 0 saturated carbocycles. The van der Waals surface area contributed by atoms with E-state index in [9.17, 15) is 14.4 Å². The normalized spacial score (nSPS) is 13.5. The van der Waals surface area contributed by atoms with E-state index < -0.39 is 29.9 Å². The van der Waals surface area contributed by atoms with Gasteiger partial charge < -0.3 is 27.4 Å². The second-order valence-electron chi connectivity index (χ2n) is 9.39. The molecular formula is C29H37N5O3. The third kappa shape index (κ3) is 7.87. The minimum Gasteiger partial charge on any atom is -0.368 e. The maximum Gasteiger partial charge on any atom is 0.243 e. The fourth-order valence-electron chi connectivity index (χ4n) is 4.41. The second-order valence-corrected chi connectivity index (χ2v) is 9.39. The number of nitrogens with zero attached hydrogens (tertiary/aromatic N) is 1. The van der Waals surface area contributed by atoms with Gasteiger partial charge in [0.2, 0.25) is 17.7 Å². The lowest BCUT2D eigenvalue weighted by Crippen LogP contribution is -2.56. The van der Waals surface area contributed by atoms with E-state index in [2.05, 4.69) is 5.32 Å². The number of primary amides is 1. The van der Waals surface area contributed by atoms with Gasteiger partial charge in [-0.2, -0.15) is 0 Å². The number of amides is 3. The number of carbonyl (C=O) groups is 3. The van der Waals surface area contributed by atoms with Gasteiger partial charge in [0, 0.05) is 13.5 Å². The number of fused-ring (bicyclic) bond motifs is 1. The van der Waals surface area contributed by atoms with Gasteiger partial charge in [-0.15, -0.1) is 0 Å². The molecule has 0 radical (unpaired) electrons. The molecule has 0 aliphatic carbocycles. The zero-order valence-corrected chi connectivity index (χ0v) is 21.3. The number of benzene rings is 3. The van der Waals surface area contributed by atoms with Crippen LogP contribution in [0.3, 0.4) is 0 Å². The first-order chi connectivity index (χ1) is 17.8. The van der Waals surface area contributed by atoms with E-state index >= 15 is 0 Å². The molecule has 3 amide bonds. The maximum absolute atomic E-state index is 13.4. The van der Waals surface area contributed by atoms with E-state index in [1.807, 2.05) is 72.8 Å². The van der Waals surface area contributed by atoms with Crippen molar-refractivity contribution < 1.29 is 14.4 Å². The van der Waals surface area contributed by atoms with E-state index in [1.165, 1.54) is 4.90 Å². The molecule has 0 bridgehead atoms. The Kier molecular flexibility index (Phi) is 10.2. The van der Waals surface area contributed by atoms with E-state index in [0.717, 1.165) is 28.3 Å². The third-order valence-electron chi connectivity index (χ3n) is 6.58. The number of carbonyl (C=O) groups excluding carboxylic acids is 3. The molecule has 3 rings (SSSR count). The Morgan fingerprint density at radius 2 is 1.54 bits per heavy atom. The van der Waals surface area contributed by atoms with Crippen molar-refractivity contribution >= 4 is 28.5 Å². The fraction of sp³-hybridized carbons (Fsp3) is 0.345. The Morgan fingerprint density at radius 1 is 0.865 bits per heavy atom. The van der Waals surface area contributed by atoms with Crippen LogP contribution in [0, 0.1) is 0 Å². The SMILES string of the molecule is CN(C(=O)[C@@H](N)Cc1ccc2ccccc2c1)[C@H](Cc1ccccc1)C(=O)N[C@@H](CCCCN)C(N)=O. The lowest BCUT2D eigenvalue weighted by atomic mass is 9.99. The number of likely N-dealkylation sites (N-methyl/N-ethyl adjacent to an activating group) is 1. The van der Waals surface area contributed by atoms with E-state index in [0.29, 0.717) is 25.8 Å². The average molecular weight is 504 g/mol. The third-order valence-corrected chi connectivity index (χ3v) is 6.58. The van der Waals surface area contributed by atoms with E-state index in [4.69, 9.17) is 17.2 Å². The van der Waals surface area contributed by atoms with Crippen LogP contribution < -0.4 is 22.5 Å². The number of hydrogen-bond acceptors (Lipinski definition) is 5. The van der Waals surface area contributed by atoms with Gasteiger partial charge in [0.15, 0.2) is 0 Å². The Morgan fingerprint density at radius 3 is 2.22 bits per heavy atom. The molecule has 3 aromatic carbocycles. The van der Waals surface area contributed by atoms with Crippen molar-refractivity contribution in [2.24, 2.45) is 17.2 Å². The molecule has 0 saturated heterocycles. The lowest BCUT2D eigenvalue weighted by Gasteiger charge is -2.31. The van der Waals surface area contributed by atoms with Crippen LogP contribution in [0.1, 0.15) is 30.4 Å². The zero-order valence-electron chi connectivity index (χ0n) is 21.3. The standard InChI is InChI=1S/C29H37N5O3/c1-34(29(37)24(31)18-21-14-15-22-11-5-6-12-23(22)17-21)26(19-20-9-3-2-4-10-20)28(36)33-25(27(32)35)13-7-8-16-30/h2-6,9-12,14-15,17,24-26H,7-8,13,16,18-19,30-31H2,1H3,(H2,32,35)(H,33,36)/t24-,25-,26+/m0/s1. The minimum absolute atomic E-state index is 0.270. The number of unbranched alkanes of at least 4 members (excludes halogenated alkanes) is 1. The highest BCUT2D eigenvalue weighted by Crippen LogP contribution is 2.18. The van der Waals surface area contributed by atoms with Crippen molar-refractivity contribution in [3.05, 3.63) is 83.9 Å². The predicted molar refractivity (Wildman–Crippen MR) is 146 cm³/mol. The molecule has 0 unspecified atom stereocenters. The summed E-state index contributed by atoms with van der Waals surface area (Å²) >= 11 is 0. The molecule has 8 heteroatoms. The summed E-state index contributed by atoms with van der Waals surface area (Å²) in [5.74, 6) is -1.43. The van der Waals surface area contributed by atoms with Crippen LogP contribution in [0.2, 0.25) is 0 Å². The van der Waals surface area contributed by atoms with Gasteiger partial charge >= 0.3 is 0 Å². The van der Waals surface area contributed by atoms with Gasteiger partial charge in [-0.25, -0.2) is 0 Å². The summed E-state index contributed by atoms with van der Waals surface area (Å²) in [6.07, 6.45) is 2.35. The average Bonchev–Trinajstić information content (AvgIpc) is 2.90. The quantitative estimate of drug-likeness (QED) is 0.263. The smallest absolute Gasteiger partial charge is 0.243 e. The Hall–Kier alpha value is -3.75. The van der Waals surface area contributed by atoms with Crippen LogP contribution in [0.15, 0.2) is 72.8 Å². The Balaban J connectivity index is 1.76. The van der Waals surface area contributed by atoms with Crippen molar-refractivity contribution in [1.29, 1.82) is 0 Å². The maximum atomic E-state index is 13.4. The Bertz CT molecular complexity index is 1200. The molecule has 37 heavy (non-hydrogen) atoms. The molecule has 196 valence electrons.